The molecule has 68 heavy (non-hydrogen) atoms. The number of alkyl carbamates (subject to hydrolysis) is 2. The van der Waals surface area contributed by atoms with Crippen molar-refractivity contribution in [3.8, 4) is 11.7 Å². The number of hydrogen-bond acceptors (Lipinski definition) is 13. The number of amides is 2. The Labute approximate surface area is 377 Å². The van der Waals surface area contributed by atoms with Gasteiger partial charge in [-0.3, -0.25) is 9.50 Å². The first-order valence-corrected chi connectivity index (χ1v) is 21.3. The zero-order chi connectivity index (χ0) is 47.9. The van der Waals surface area contributed by atoms with Crippen molar-refractivity contribution in [2.24, 2.45) is 0 Å². The van der Waals surface area contributed by atoms with Gasteiger partial charge in [0.25, 0.3) is 23.5 Å². The Morgan fingerprint density at radius 3 is 2.34 bits per heavy atom. The normalized spacial score (nSPS) is 24.0. The van der Waals surface area contributed by atoms with Crippen LogP contribution in [-0.4, -0.2) is 111 Å². The highest BCUT2D eigenvalue weighted by atomic mass is 19.4. The maximum atomic E-state index is 15.6. The Kier molecular flexibility index (Phi) is 10.8. The third-order valence-corrected chi connectivity index (χ3v) is 12.2. The standard InChI is InChI=1S/C40H40F8N14O6/c1-37(3-4-37)54-35(63)67-23-10-18(9-19(23)41)20-12-28(53-34-51-25(40(46,47)48)14-27-49-7-8-60(27)34)62(58-20)30-15-50-33(22-13-29(59-61(22)30)66-17-39(43,44)45)52-26-11-21(56-57-26)32-31(42)24(16-65-32)68-36(64)55-38(2)5-6-38/h7-8,11-15,18-19,23-24,31-32H,3-6,9-10,16-17H2,1-2H3,(H5,49,50,51,52,53,54,55,56,57,58,59,63,64)/p+1/t18-,19+,23-,24+,31+,32+/m0/s1. The Morgan fingerprint density at radius 1 is 0.926 bits per heavy atom. The van der Waals surface area contributed by atoms with E-state index in [9.17, 15) is 35.9 Å². The first-order valence-electron chi connectivity index (χ1n) is 21.3. The molecule has 28 heteroatoms. The second kappa shape index (κ2) is 16.4. The number of rotatable bonds is 13. The number of H-pyrrole nitrogens is 2. The zero-order valence-electron chi connectivity index (χ0n) is 35.7. The lowest BCUT2D eigenvalue weighted by atomic mass is 10.0. The average molecular weight is 966 g/mol. The van der Waals surface area contributed by atoms with Gasteiger partial charge in [-0.15, -0.1) is 9.20 Å². The predicted molar refractivity (Wildman–Crippen MR) is 216 cm³/mol. The molecular formula is C40H41F8N14O6+. The van der Waals surface area contributed by atoms with Crippen molar-refractivity contribution < 1.29 is 68.3 Å². The summed E-state index contributed by atoms with van der Waals surface area (Å²) in [6.07, 6.45) is -11.5. The van der Waals surface area contributed by atoms with Gasteiger partial charge in [0, 0.05) is 53.7 Å². The zero-order valence-corrected chi connectivity index (χ0v) is 35.7. The highest BCUT2D eigenvalue weighted by molar-refractivity contribution is 5.74. The van der Waals surface area contributed by atoms with Crippen LogP contribution in [0.5, 0.6) is 5.88 Å². The third-order valence-electron chi connectivity index (χ3n) is 12.2. The van der Waals surface area contributed by atoms with Crippen LogP contribution in [0, 0.1) is 0 Å². The van der Waals surface area contributed by atoms with Gasteiger partial charge >= 0.3 is 24.5 Å². The fourth-order valence-corrected chi connectivity index (χ4v) is 7.99. The number of aromatic amines is 2. The summed E-state index contributed by atoms with van der Waals surface area (Å²) in [4.78, 5) is 37.3. The van der Waals surface area contributed by atoms with E-state index in [-0.39, 0.29) is 65.5 Å². The molecule has 362 valence electrons. The molecule has 6 aromatic heterocycles. The fourth-order valence-electron chi connectivity index (χ4n) is 7.99. The molecule has 6 N–H and O–H groups in total. The maximum absolute atomic E-state index is 15.6. The molecule has 4 aliphatic rings. The molecule has 0 spiro atoms. The molecule has 0 radical (unpaired) electrons. The van der Waals surface area contributed by atoms with Crippen LogP contribution in [0.2, 0.25) is 0 Å². The van der Waals surface area contributed by atoms with Crippen LogP contribution in [-0.2, 0) is 20.4 Å². The maximum Gasteiger partial charge on any atom is 0.433 e. The number of imidazole rings is 1. The van der Waals surface area contributed by atoms with E-state index in [1.165, 1.54) is 39.8 Å². The van der Waals surface area contributed by atoms with Crippen LogP contribution in [0.15, 0.2) is 42.9 Å². The lowest BCUT2D eigenvalue weighted by Gasteiger charge is -2.17. The summed E-state index contributed by atoms with van der Waals surface area (Å²) in [7, 11) is 0. The number of alkyl halides is 8. The Hall–Kier alpha value is -7.00. The summed E-state index contributed by atoms with van der Waals surface area (Å²) in [6, 6.07) is 4.72. The number of hydrogen-bond donors (Lipinski definition) is 6. The van der Waals surface area contributed by atoms with Crippen molar-refractivity contribution in [1.29, 1.82) is 0 Å². The Balaban J connectivity index is 0.984. The summed E-state index contributed by atoms with van der Waals surface area (Å²) in [6.45, 7) is 1.68. The molecule has 3 aliphatic carbocycles. The number of halogens is 8. The molecule has 1 aliphatic heterocycles. The number of aromatic nitrogens is 10. The largest absolute Gasteiger partial charge is 0.466 e. The van der Waals surface area contributed by atoms with Gasteiger partial charge in [-0.2, -0.15) is 36.4 Å². The fraction of sp³-hybridized carbons (Fsp3) is 0.500. The number of carbonyl (C=O) groups excluding carboxylic acids is 2. The lowest BCUT2D eigenvalue weighted by molar-refractivity contribution is -0.646. The number of ether oxygens (including phenoxy) is 4. The molecule has 4 fully saturated rings. The quantitative estimate of drug-likeness (QED) is 0.0540. The van der Waals surface area contributed by atoms with Gasteiger partial charge in [-0.05, 0) is 52.4 Å². The monoisotopic (exact) mass is 965 g/mol. The van der Waals surface area contributed by atoms with Crippen molar-refractivity contribution >= 4 is 46.8 Å². The van der Waals surface area contributed by atoms with E-state index in [1.54, 1.807) is 0 Å². The van der Waals surface area contributed by atoms with Gasteiger partial charge in [0.1, 0.15) is 30.2 Å². The smallest absolute Gasteiger partial charge is 0.433 e. The van der Waals surface area contributed by atoms with Gasteiger partial charge in [-0.1, -0.05) is 5.10 Å². The molecule has 10 rings (SSSR count). The van der Waals surface area contributed by atoms with E-state index >= 15 is 8.78 Å². The second-order valence-corrected chi connectivity index (χ2v) is 17.8. The molecule has 7 heterocycles. The summed E-state index contributed by atoms with van der Waals surface area (Å²) in [5.74, 6) is -1.68. The molecule has 6 atom stereocenters. The lowest BCUT2D eigenvalue weighted by Crippen LogP contribution is -2.39. The van der Waals surface area contributed by atoms with E-state index in [0.717, 1.165) is 42.3 Å². The van der Waals surface area contributed by atoms with Crippen molar-refractivity contribution in [3.05, 3.63) is 59.9 Å². The number of nitrogens with one attached hydrogen (secondary N) is 6. The minimum atomic E-state index is -4.89. The van der Waals surface area contributed by atoms with Crippen molar-refractivity contribution in [3.63, 3.8) is 0 Å². The summed E-state index contributed by atoms with van der Waals surface area (Å²) >= 11 is 0. The molecule has 3 saturated carbocycles. The minimum absolute atomic E-state index is 0.00422. The molecule has 6 aromatic rings. The van der Waals surface area contributed by atoms with E-state index in [2.05, 4.69) is 56.6 Å². The number of carbonyl (C=O) groups is 2. The number of fused-ring (bicyclic) bond motifs is 2. The number of nitrogens with zero attached hydrogens (tertiary/aromatic N) is 8. The summed E-state index contributed by atoms with van der Waals surface area (Å²) in [5.41, 5.74) is -1.81. The van der Waals surface area contributed by atoms with Crippen molar-refractivity contribution in [2.45, 2.75) is 112 Å². The topological polar surface area (TPSA) is 228 Å². The molecule has 1 saturated heterocycles. The minimum Gasteiger partial charge on any atom is -0.466 e. The van der Waals surface area contributed by atoms with Crippen LogP contribution >= 0.6 is 0 Å². The molecular weight excluding hydrogens is 925 g/mol. The van der Waals surface area contributed by atoms with Gasteiger partial charge in [-0.25, -0.2) is 38.8 Å². The summed E-state index contributed by atoms with van der Waals surface area (Å²) in [5, 5.41) is 25.4. The molecule has 20 nitrogen and oxygen atoms in total. The summed E-state index contributed by atoms with van der Waals surface area (Å²) < 4.78 is 139. The third kappa shape index (κ3) is 9.31. The van der Waals surface area contributed by atoms with E-state index < -0.39 is 90.4 Å². The van der Waals surface area contributed by atoms with Gasteiger partial charge in [0.05, 0.1) is 18.0 Å². The van der Waals surface area contributed by atoms with E-state index in [0.29, 0.717) is 5.69 Å². The van der Waals surface area contributed by atoms with Gasteiger partial charge in [0.15, 0.2) is 41.7 Å². The molecule has 0 unspecified atom stereocenters. The molecule has 0 bridgehead atoms. The van der Waals surface area contributed by atoms with Crippen LogP contribution in [0.4, 0.5) is 68.1 Å². The van der Waals surface area contributed by atoms with Crippen LogP contribution < -0.4 is 30.7 Å². The second-order valence-electron chi connectivity index (χ2n) is 17.8. The first-order chi connectivity index (χ1) is 32.2. The SMILES string of the molecule is CC1(NC(=O)O[C@H]2C[C@@H](c3cc(Nc4nc(C(F)(F)F)cc5nccn45)[n+](-c4cnc(Nc5cc([C@H]6OC[C@@H](OC(=O)NC7(C)CC7)[C@H]6F)[nH]n5)c5cc(OCC(F)(F)F)nn45)[nH]3)C[C@H]2F)CC1. The van der Waals surface area contributed by atoms with Gasteiger partial charge in [0.2, 0.25) is 0 Å². The molecule has 2 amide bonds. The van der Waals surface area contributed by atoms with Gasteiger partial charge < -0.3 is 34.9 Å². The average Bonchev–Trinajstić information content (AvgIpc) is 3.73. The van der Waals surface area contributed by atoms with Crippen LogP contribution in [0.3, 0.4) is 0 Å². The molecule has 0 aromatic carbocycles. The van der Waals surface area contributed by atoms with E-state index in [4.69, 9.17) is 18.9 Å². The first kappa shape index (κ1) is 44.8. The Bertz CT molecular complexity index is 2890. The van der Waals surface area contributed by atoms with Crippen LogP contribution in [0.25, 0.3) is 17.0 Å². The highest BCUT2D eigenvalue weighted by Gasteiger charge is 2.46. The highest BCUT2D eigenvalue weighted by Crippen LogP contribution is 2.41. The van der Waals surface area contributed by atoms with Crippen molar-refractivity contribution in [1.82, 2.24) is 54.9 Å². The van der Waals surface area contributed by atoms with Crippen molar-refractivity contribution in [2.75, 3.05) is 23.8 Å². The van der Waals surface area contributed by atoms with E-state index in [1.807, 2.05) is 13.8 Å². The number of anilines is 4. The predicted octanol–water partition coefficient (Wildman–Crippen LogP) is 6.47. The Morgan fingerprint density at radius 2 is 1.65 bits per heavy atom. The van der Waals surface area contributed by atoms with Crippen LogP contribution in [0.1, 0.15) is 81.5 Å².